The van der Waals surface area contributed by atoms with E-state index in [2.05, 4.69) is 0 Å². The fraction of sp³-hybridized carbons (Fsp3) is 0.267. The SMILES string of the molecule is Cc1cc(N)c(C(=O)c2ccc(Cl)cc2Cl)n1C(C)C. The van der Waals surface area contributed by atoms with Crippen LogP contribution in [0.3, 0.4) is 0 Å². The fourth-order valence-corrected chi connectivity index (χ4v) is 2.88. The van der Waals surface area contributed by atoms with Crippen LogP contribution >= 0.6 is 23.2 Å². The zero-order valence-corrected chi connectivity index (χ0v) is 13.1. The smallest absolute Gasteiger partial charge is 0.213 e. The lowest BCUT2D eigenvalue weighted by atomic mass is 10.1. The lowest BCUT2D eigenvalue weighted by Gasteiger charge is -2.15. The van der Waals surface area contributed by atoms with E-state index < -0.39 is 0 Å². The van der Waals surface area contributed by atoms with Gasteiger partial charge in [0.2, 0.25) is 5.78 Å². The first-order valence-electron chi connectivity index (χ1n) is 6.30. The zero-order chi connectivity index (χ0) is 15.0. The van der Waals surface area contributed by atoms with Crippen LogP contribution in [-0.2, 0) is 0 Å². The van der Waals surface area contributed by atoms with Crippen LogP contribution in [0.4, 0.5) is 5.69 Å². The average molecular weight is 311 g/mol. The Labute approximate surface area is 128 Å². The molecule has 0 aliphatic rings. The second-order valence-electron chi connectivity index (χ2n) is 5.01. The van der Waals surface area contributed by atoms with Crippen molar-refractivity contribution in [2.45, 2.75) is 26.8 Å². The highest BCUT2D eigenvalue weighted by Crippen LogP contribution is 2.29. The van der Waals surface area contributed by atoms with Crippen molar-refractivity contribution in [3.8, 4) is 0 Å². The van der Waals surface area contributed by atoms with Crippen LogP contribution in [0, 0.1) is 6.92 Å². The summed E-state index contributed by atoms with van der Waals surface area (Å²) in [6.07, 6.45) is 0. The van der Waals surface area contributed by atoms with E-state index in [1.165, 1.54) is 0 Å². The molecule has 20 heavy (non-hydrogen) atoms. The summed E-state index contributed by atoms with van der Waals surface area (Å²) in [6, 6.07) is 6.77. The van der Waals surface area contributed by atoms with Crippen molar-refractivity contribution in [3.63, 3.8) is 0 Å². The summed E-state index contributed by atoms with van der Waals surface area (Å²) >= 11 is 12.0. The quantitative estimate of drug-likeness (QED) is 0.849. The third-order valence-corrected chi connectivity index (χ3v) is 3.71. The van der Waals surface area contributed by atoms with Gasteiger partial charge in [-0.05, 0) is 45.0 Å². The number of ketones is 1. The van der Waals surface area contributed by atoms with Gasteiger partial charge in [-0.1, -0.05) is 23.2 Å². The van der Waals surface area contributed by atoms with Crippen LogP contribution in [0.15, 0.2) is 24.3 Å². The molecule has 0 saturated heterocycles. The molecule has 0 saturated carbocycles. The maximum absolute atomic E-state index is 12.7. The number of halogens is 2. The monoisotopic (exact) mass is 310 g/mol. The first kappa shape index (κ1) is 14.9. The Kier molecular flexibility index (Phi) is 4.11. The molecular weight excluding hydrogens is 295 g/mol. The van der Waals surface area contributed by atoms with Gasteiger partial charge in [-0.15, -0.1) is 0 Å². The molecule has 106 valence electrons. The molecule has 0 amide bonds. The van der Waals surface area contributed by atoms with Crippen molar-refractivity contribution in [2.24, 2.45) is 0 Å². The van der Waals surface area contributed by atoms with Gasteiger partial charge in [0.25, 0.3) is 0 Å². The minimum Gasteiger partial charge on any atom is -0.397 e. The van der Waals surface area contributed by atoms with Crippen LogP contribution in [0.1, 0.15) is 41.6 Å². The first-order valence-corrected chi connectivity index (χ1v) is 7.05. The number of hydrogen-bond donors (Lipinski definition) is 1. The number of carbonyl (C=O) groups is 1. The Morgan fingerprint density at radius 1 is 1.25 bits per heavy atom. The minimum atomic E-state index is -0.189. The van der Waals surface area contributed by atoms with E-state index in [1.807, 2.05) is 25.3 Å². The van der Waals surface area contributed by atoms with Crippen LogP contribution < -0.4 is 5.73 Å². The number of anilines is 1. The van der Waals surface area contributed by atoms with E-state index in [9.17, 15) is 4.79 Å². The summed E-state index contributed by atoms with van der Waals surface area (Å²) in [5.41, 5.74) is 8.28. The standard InChI is InChI=1S/C15H16Cl2N2O/c1-8(2)19-9(3)6-13(18)14(19)15(20)11-5-4-10(16)7-12(11)17/h4-8H,18H2,1-3H3. The minimum absolute atomic E-state index is 0.136. The fourth-order valence-electron chi connectivity index (χ4n) is 2.39. The topological polar surface area (TPSA) is 48.0 Å². The number of nitrogens with two attached hydrogens (primary N) is 1. The summed E-state index contributed by atoms with van der Waals surface area (Å²) < 4.78 is 1.92. The Morgan fingerprint density at radius 2 is 1.90 bits per heavy atom. The highest BCUT2D eigenvalue weighted by molar-refractivity contribution is 6.37. The Balaban J connectivity index is 2.59. The van der Waals surface area contributed by atoms with Crippen molar-refractivity contribution in [1.82, 2.24) is 4.57 Å². The Bertz CT molecular complexity index is 675. The number of nitrogen functional groups attached to an aromatic ring is 1. The molecule has 0 atom stereocenters. The molecule has 1 aromatic heterocycles. The van der Waals surface area contributed by atoms with Gasteiger partial charge in [-0.2, -0.15) is 0 Å². The van der Waals surface area contributed by atoms with Gasteiger partial charge < -0.3 is 10.3 Å². The lowest BCUT2D eigenvalue weighted by Crippen LogP contribution is -2.15. The highest BCUT2D eigenvalue weighted by atomic mass is 35.5. The normalized spacial score (nSPS) is 11.1. The van der Waals surface area contributed by atoms with Gasteiger partial charge in [0, 0.05) is 22.3 Å². The number of aryl methyl sites for hydroxylation is 1. The van der Waals surface area contributed by atoms with Gasteiger partial charge in [0.05, 0.1) is 10.7 Å². The molecule has 0 fully saturated rings. The van der Waals surface area contributed by atoms with E-state index in [0.29, 0.717) is 27.0 Å². The molecule has 2 aromatic rings. The van der Waals surface area contributed by atoms with E-state index in [1.54, 1.807) is 24.3 Å². The molecule has 0 spiro atoms. The van der Waals surface area contributed by atoms with Crippen molar-refractivity contribution in [1.29, 1.82) is 0 Å². The molecular formula is C15H16Cl2N2O. The molecule has 1 heterocycles. The van der Waals surface area contributed by atoms with Crippen molar-refractivity contribution >= 4 is 34.7 Å². The summed E-state index contributed by atoms with van der Waals surface area (Å²) in [4.78, 5) is 12.7. The Morgan fingerprint density at radius 3 is 2.45 bits per heavy atom. The van der Waals surface area contributed by atoms with Crippen LogP contribution in [-0.4, -0.2) is 10.4 Å². The average Bonchev–Trinajstić information content (AvgIpc) is 2.63. The van der Waals surface area contributed by atoms with Crippen LogP contribution in [0.25, 0.3) is 0 Å². The summed E-state index contributed by atoms with van der Waals surface area (Å²) in [5.74, 6) is -0.189. The number of carbonyl (C=O) groups excluding carboxylic acids is 1. The summed E-state index contributed by atoms with van der Waals surface area (Å²) in [5, 5.41) is 0.825. The number of aromatic nitrogens is 1. The van der Waals surface area contributed by atoms with Crippen molar-refractivity contribution in [2.75, 3.05) is 5.73 Å². The molecule has 0 unspecified atom stereocenters. The number of rotatable bonds is 3. The number of nitrogens with zero attached hydrogens (tertiary/aromatic N) is 1. The number of hydrogen-bond acceptors (Lipinski definition) is 2. The third-order valence-electron chi connectivity index (χ3n) is 3.17. The molecule has 2 rings (SSSR count). The molecule has 0 aliphatic heterocycles. The van der Waals surface area contributed by atoms with Gasteiger partial charge in [-0.25, -0.2) is 0 Å². The highest BCUT2D eigenvalue weighted by Gasteiger charge is 2.22. The molecule has 1 aromatic carbocycles. The molecule has 0 aliphatic carbocycles. The van der Waals surface area contributed by atoms with Crippen molar-refractivity contribution in [3.05, 3.63) is 51.3 Å². The van der Waals surface area contributed by atoms with Crippen LogP contribution in [0.2, 0.25) is 10.0 Å². The zero-order valence-electron chi connectivity index (χ0n) is 11.6. The predicted octanol–water partition coefficient (Wildman–Crippen LogP) is 4.50. The maximum atomic E-state index is 12.7. The van der Waals surface area contributed by atoms with E-state index in [4.69, 9.17) is 28.9 Å². The second kappa shape index (κ2) is 5.51. The van der Waals surface area contributed by atoms with Gasteiger partial charge in [0.1, 0.15) is 5.69 Å². The molecule has 0 bridgehead atoms. The van der Waals surface area contributed by atoms with Gasteiger partial charge >= 0.3 is 0 Å². The predicted molar refractivity (Wildman–Crippen MR) is 83.9 cm³/mol. The molecule has 0 radical (unpaired) electrons. The largest absolute Gasteiger partial charge is 0.397 e. The molecule has 2 N–H and O–H groups in total. The molecule has 3 nitrogen and oxygen atoms in total. The van der Waals surface area contributed by atoms with E-state index in [0.717, 1.165) is 5.69 Å². The van der Waals surface area contributed by atoms with Crippen molar-refractivity contribution < 1.29 is 4.79 Å². The van der Waals surface area contributed by atoms with E-state index >= 15 is 0 Å². The van der Waals surface area contributed by atoms with Crippen LogP contribution in [0.5, 0.6) is 0 Å². The third kappa shape index (κ3) is 2.56. The van der Waals surface area contributed by atoms with Gasteiger partial charge in [0.15, 0.2) is 0 Å². The summed E-state index contributed by atoms with van der Waals surface area (Å²) in [6.45, 7) is 5.94. The Hall–Kier alpha value is -1.45. The summed E-state index contributed by atoms with van der Waals surface area (Å²) in [7, 11) is 0. The second-order valence-corrected chi connectivity index (χ2v) is 5.85. The lowest BCUT2D eigenvalue weighted by molar-refractivity contribution is 0.102. The van der Waals surface area contributed by atoms with Gasteiger partial charge in [-0.3, -0.25) is 4.79 Å². The molecule has 5 heteroatoms. The number of benzene rings is 1. The maximum Gasteiger partial charge on any atom is 0.213 e. The van der Waals surface area contributed by atoms with E-state index in [-0.39, 0.29) is 11.8 Å². The first-order chi connectivity index (χ1) is 9.32.